The van der Waals surface area contributed by atoms with Gasteiger partial charge in [0.15, 0.2) is 0 Å². The van der Waals surface area contributed by atoms with Crippen molar-refractivity contribution in [3.63, 3.8) is 0 Å². The molecule has 2 rings (SSSR count). The highest BCUT2D eigenvalue weighted by atomic mass is 16.6. The van der Waals surface area contributed by atoms with Crippen molar-refractivity contribution in [2.24, 2.45) is 0 Å². The molecule has 1 amide bonds. The first-order valence-electron chi connectivity index (χ1n) is 10.9. The number of carbonyl (C=O) groups excluding carboxylic acids is 1. The van der Waals surface area contributed by atoms with E-state index in [4.69, 9.17) is 4.74 Å². The van der Waals surface area contributed by atoms with Crippen LogP contribution in [0.15, 0.2) is 66.0 Å². The Morgan fingerprint density at radius 1 is 1.26 bits per heavy atom. The maximum atomic E-state index is 12.5. The predicted octanol–water partition coefficient (Wildman–Crippen LogP) is 5.83. The van der Waals surface area contributed by atoms with Crippen molar-refractivity contribution in [3.05, 3.63) is 71.7 Å². The summed E-state index contributed by atoms with van der Waals surface area (Å²) >= 11 is 0. The van der Waals surface area contributed by atoms with Gasteiger partial charge >= 0.3 is 6.09 Å². The molecule has 2 heterocycles. The van der Waals surface area contributed by atoms with Crippen LogP contribution < -0.4 is 0 Å². The van der Waals surface area contributed by atoms with E-state index in [1.807, 2.05) is 64.2 Å². The third-order valence-electron chi connectivity index (χ3n) is 5.33. The second kappa shape index (κ2) is 10.5. The van der Waals surface area contributed by atoms with Crippen molar-refractivity contribution in [3.8, 4) is 0 Å². The lowest BCUT2D eigenvalue weighted by Gasteiger charge is -2.42. The lowest BCUT2D eigenvalue weighted by Crippen LogP contribution is -2.53. The third-order valence-corrected chi connectivity index (χ3v) is 5.33. The Kier molecular flexibility index (Phi) is 8.26. The molecule has 1 aromatic heterocycles. The molecule has 1 aliphatic rings. The van der Waals surface area contributed by atoms with Crippen molar-refractivity contribution in [2.45, 2.75) is 60.1 Å². The number of pyridine rings is 1. The summed E-state index contributed by atoms with van der Waals surface area (Å²) in [5.41, 5.74) is 5.00. The van der Waals surface area contributed by atoms with Crippen LogP contribution in [0.25, 0.3) is 5.57 Å². The summed E-state index contributed by atoms with van der Waals surface area (Å²) in [5.74, 6) is 0. The van der Waals surface area contributed by atoms with E-state index in [-0.39, 0.29) is 12.1 Å². The Bertz CT molecular complexity index is 876. The number of aromatic nitrogens is 1. The Morgan fingerprint density at radius 3 is 2.48 bits per heavy atom. The summed E-state index contributed by atoms with van der Waals surface area (Å²) in [6, 6.07) is 6.13. The fourth-order valence-corrected chi connectivity index (χ4v) is 3.99. The molecule has 0 N–H and O–H groups in total. The number of piperazine rings is 1. The zero-order valence-corrected chi connectivity index (χ0v) is 20.1. The van der Waals surface area contributed by atoms with Gasteiger partial charge in [0.2, 0.25) is 0 Å². The second-order valence-electron chi connectivity index (χ2n) is 8.93. The van der Waals surface area contributed by atoms with Crippen LogP contribution in [0.4, 0.5) is 4.79 Å². The maximum Gasteiger partial charge on any atom is 0.410 e. The number of nitrogens with zero attached hydrogens (tertiary/aromatic N) is 3. The molecule has 1 saturated heterocycles. The molecule has 1 aliphatic heterocycles. The molecule has 31 heavy (non-hydrogen) atoms. The zero-order chi connectivity index (χ0) is 23.2. The van der Waals surface area contributed by atoms with Gasteiger partial charge in [-0.05, 0) is 66.2 Å². The van der Waals surface area contributed by atoms with E-state index in [1.165, 1.54) is 5.70 Å². The molecule has 0 aromatic carbocycles. The zero-order valence-electron chi connectivity index (χ0n) is 20.1. The molecule has 0 aliphatic carbocycles. The minimum absolute atomic E-state index is 0.162. The fourth-order valence-electron chi connectivity index (χ4n) is 3.99. The fraction of sp³-hybridized carbons (Fsp3) is 0.462. The van der Waals surface area contributed by atoms with Crippen LogP contribution in [0, 0.1) is 0 Å². The van der Waals surface area contributed by atoms with Crippen LogP contribution in [0.2, 0.25) is 0 Å². The van der Waals surface area contributed by atoms with Crippen molar-refractivity contribution in [1.82, 2.24) is 14.8 Å². The van der Waals surface area contributed by atoms with Gasteiger partial charge in [-0.2, -0.15) is 0 Å². The van der Waals surface area contributed by atoms with Gasteiger partial charge in [0.1, 0.15) is 5.60 Å². The molecule has 1 atom stereocenters. The van der Waals surface area contributed by atoms with E-state index in [1.54, 1.807) is 4.90 Å². The Hall–Kier alpha value is -2.82. The molecule has 0 spiro atoms. The minimum Gasteiger partial charge on any atom is -0.444 e. The molecule has 0 radical (unpaired) electrons. The number of carbonyl (C=O) groups is 1. The third kappa shape index (κ3) is 6.33. The average molecular weight is 424 g/mol. The van der Waals surface area contributed by atoms with Crippen molar-refractivity contribution < 1.29 is 9.53 Å². The monoisotopic (exact) mass is 423 g/mol. The molecule has 1 fully saturated rings. The van der Waals surface area contributed by atoms with Gasteiger partial charge in [-0.15, -0.1) is 0 Å². The summed E-state index contributed by atoms with van der Waals surface area (Å²) in [6.07, 6.45) is 7.54. The summed E-state index contributed by atoms with van der Waals surface area (Å²) < 4.78 is 5.57. The second-order valence-corrected chi connectivity index (χ2v) is 8.93. The summed E-state index contributed by atoms with van der Waals surface area (Å²) in [7, 11) is 0. The SMILES string of the molecule is C=C\C=C(C)/C(=C(\C)N1CCN(C(=O)OC(C)(C)C)CC1C)C(=C\C)/c1ccccn1. The highest BCUT2D eigenvalue weighted by Crippen LogP contribution is 2.33. The first-order valence-corrected chi connectivity index (χ1v) is 10.9. The summed E-state index contributed by atoms with van der Waals surface area (Å²) in [4.78, 5) is 21.3. The van der Waals surface area contributed by atoms with Gasteiger partial charge in [-0.1, -0.05) is 30.9 Å². The quantitative estimate of drug-likeness (QED) is 0.559. The highest BCUT2D eigenvalue weighted by molar-refractivity contribution is 5.82. The van der Waals surface area contributed by atoms with E-state index < -0.39 is 5.60 Å². The lowest BCUT2D eigenvalue weighted by molar-refractivity contribution is 0.0101. The van der Waals surface area contributed by atoms with Gasteiger partial charge in [-0.3, -0.25) is 4.98 Å². The van der Waals surface area contributed by atoms with Crippen LogP contribution in [0.3, 0.4) is 0 Å². The van der Waals surface area contributed by atoms with E-state index >= 15 is 0 Å². The van der Waals surface area contributed by atoms with Crippen molar-refractivity contribution in [1.29, 1.82) is 0 Å². The smallest absolute Gasteiger partial charge is 0.410 e. The topological polar surface area (TPSA) is 45.7 Å². The average Bonchev–Trinajstić information content (AvgIpc) is 2.70. The number of amides is 1. The summed E-state index contributed by atoms with van der Waals surface area (Å²) in [5, 5.41) is 0. The van der Waals surface area contributed by atoms with Gasteiger partial charge in [-0.25, -0.2) is 4.79 Å². The normalized spacial score (nSPS) is 19.1. The first-order chi connectivity index (χ1) is 14.6. The number of hydrogen-bond donors (Lipinski definition) is 0. The molecule has 5 nitrogen and oxygen atoms in total. The first kappa shape index (κ1) is 24.4. The van der Waals surface area contributed by atoms with Crippen molar-refractivity contribution in [2.75, 3.05) is 19.6 Å². The number of hydrogen-bond acceptors (Lipinski definition) is 4. The van der Waals surface area contributed by atoms with Crippen molar-refractivity contribution >= 4 is 11.7 Å². The maximum absolute atomic E-state index is 12.5. The number of allylic oxidation sites excluding steroid dienone is 7. The Balaban J connectivity index is 2.38. The Morgan fingerprint density at radius 2 is 1.97 bits per heavy atom. The molecule has 5 heteroatoms. The van der Waals surface area contributed by atoms with Crippen LogP contribution in [0.5, 0.6) is 0 Å². The summed E-state index contributed by atoms with van der Waals surface area (Å²) in [6.45, 7) is 20.0. The minimum atomic E-state index is -0.490. The molecule has 0 bridgehead atoms. The van der Waals surface area contributed by atoms with E-state index in [9.17, 15) is 4.79 Å². The molecular formula is C26H37N3O2. The van der Waals surface area contributed by atoms with Gasteiger partial charge in [0.25, 0.3) is 0 Å². The van der Waals surface area contributed by atoms with E-state index in [0.29, 0.717) is 13.1 Å². The van der Waals surface area contributed by atoms with Gasteiger partial charge < -0.3 is 14.5 Å². The van der Waals surface area contributed by atoms with Gasteiger partial charge in [0.05, 0.1) is 5.69 Å². The molecule has 1 unspecified atom stereocenters. The predicted molar refractivity (Wildman–Crippen MR) is 129 cm³/mol. The van der Waals surface area contributed by atoms with Gasteiger partial charge in [0, 0.05) is 48.7 Å². The van der Waals surface area contributed by atoms with Crippen LogP contribution in [0.1, 0.15) is 54.2 Å². The highest BCUT2D eigenvalue weighted by Gasteiger charge is 2.31. The number of ether oxygens (including phenoxy) is 1. The van der Waals surface area contributed by atoms with Crippen LogP contribution >= 0.6 is 0 Å². The largest absolute Gasteiger partial charge is 0.444 e. The molecule has 1 aromatic rings. The molecule has 0 saturated carbocycles. The molecular weight excluding hydrogens is 386 g/mol. The standard InChI is InChI=1S/C26H37N3O2/c1-9-13-19(3)24(22(10-2)23-14-11-12-15-27-23)21(5)29-17-16-28(18-20(29)4)25(30)31-26(6,7)8/h9-15,20H,1,16-18H2,2-8H3/b19-13-,22-10-,24-21-. The number of rotatable bonds is 5. The Labute approximate surface area is 187 Å². The van der Waals surface area contributed by atoms with E-state index in [0.717, 1.165) is 29.0 Å². The van der Waals surface area contributed by atoms with Crippen LogP contribution in [-0.4, -0.2) is 52.2 Å². The lowest BCUT2D eigenvalue weighted by atomic mass is 9.92. The van der Waals surface area contributed by atoms with Crippen LogP contribution in [-0.2, 0) is 4.74 Å². The molecule has 168 valence electrons. The van der Waals surface area contributed by atoms with E-state index in [2.05, 4.69) is 43.3 Å².